The van der Waals surface area contributed by atoms with Gasteiger partial charge < -0.3 is 18.9 Å². The molecule has 12 nitrogen and oxygen atoms in total. The highest BCUT2D eigenvalue weighted by atomic mass is 16.7. The Morgan fingerprint density at radius 1 is 0.944 bits per heavy atom. The van der Waals surface area contributed by atoms with Crippen LogP contribution in [0.2, 0.25) is 0 Å². The van der Waals surface area contributed by atoms with Crippen molar-refractivity contribution in [1.82, 2.24) is 19.5 Å². The number of carbonyl (C=O) groups is 4. The van der Waals surface area contributed by atoms with Gasteiger partial charge in [0.05, 0.1) is 6.33 Å². The minimum atomic E-state index is -1.12. The van der Waals surface area contributed by atoms with Gasteiger partial charge in [0.1, 0.15) is 30.2 Å². The smallest absolute Gasteiger partial charge is 0.303 e. The highest BCUT2D eigenvalue weighted by Crippen LogP contribution is 2.36. The van der Waals surface area contributed by atoms with E-state index in [1.807, 2.05) is 19.1 Å². The number of benzene rings is 1. The molecule has 0 spiro atoms. The van der Waals surface area contributed by atoms with Crippen LogP contribution >= 0.6 is 0 Å². The average Bonchev–Trinajstić information content (AvgIpc) is 3.38. The van der Waals surface area contributed by atoms with E-state index in [1.165, 1.54) is 38.0 Å². The Balaban J connectivity index is 1.76. The van der Waals surface area contributed by atoms with E-state index in [9.17, 15) is 19.2 Å². The fourth-order valence-corrected chi connectivity index (χ4v) is 4.08. The first-order chi connectivity index (χ1) is 17.2. The molecule has 0 aliphatic carbocycles. The lowest BCUT2D eigenvalue weighted by atomic mass is 10.0. The maximum absolute atomic E-state index is 13.2. The zero-order valence-corrected chi connectivity index (χ0v) is 20.0. The van der Waals surface area contributed by atoms with Gasteiger partial charge in [-0.05, 0) is 12.5 Å². The number of carbonyl (C=O) groups excluding carboxylic acids is 4. The maximum Gasteiger partial charge on any atom is 0.303 e. The van der Waals surface area contributed by atoms with Crippen LogP contribution < -0.4 is 0 Å². The number of esters is 3. The summed E-state index contributed by atoms with van der Waals surface area (Å²) in [5.74, 6) is -2.18. The standard InChI is InChI=1S/C24H24N4O8/c1-12-7-5-6-8-16(12)20(32)18-19-23(26-10-25-18)28(11-27-19)24-22(35-15(4)31)21(34-14(3)30)17(36-24)9-33-13(2)29/h5-8,10-11,17,21-22,24H,9H2,1-4H3/t17-,21-,22-,24-/m1/s1. The number of rotatable bonds is 7. The molecular weight excluding hydrogens is 472 g/mol. The van der Waals surface area contributed by atoms with E-state index in [2.05, 4.69) is 15.0 Å². The van der Waals surface area contributed by atoms with Gasteiger partial charge in [-0.25, -0.2) is 15.0 Å². The van der Waals surface area contributed by atoms with Gasteiger partial charge in [-0.15, -0.1) is 0 Å². The normalized spacial score (nSPS) is 21.2. The van der Waals surface area contributed by atoms with Crippen LogP contribution in [0.25, 0.3) is 11.2 Å². The Hall–Kier alpha value is -4.19. The Morgan fingerprint density at radius 3 is 2.31 bits per heavy atom. The number of hydrogen-bond donors (Lipinski definition) is 0. The predicted octanol–water partition coefficient (Wildman–Crippen LogP) is 1.69. The Kier molecular flexibility index (Phi) is 7.06. The van der Waals surface area contributed by atoms with Crippen LogP contribution in [0, 0.1) is 6.92 Å². The molecule has 12 heteroatoms. The van der Waals surface area contributed by atoms with E-state index >= 15 is 0 Å². The summed E-state index contributed by atoms with van der Waals surface area (Å²) in [5, 5.41) is 0. The van der Waals surface area contributed by atoms with Crippen LogP contribution in [-0.4, -0.2) is 68.1 Å². The van der Waals surface area contributed by atoms with Crippen molar-refractivity contribution in [2.45, 2.75) is 52.2 Å². The second-order valence-electron chi connectivity index (χ2n) is 8.21. The molecule has 1 aliphatic heterocycles. The van der Waals surface area contributed by atoms with Crippen LogP contribution in [0.4, 0.5) is 0 Å². The van der Waals surface area contributed by atoms with Gasteiger partial charge >= 0.3 is 17.9 Å². The highest BCUT2D eigenvalue weighted by molar-refractivity contribution is 6.14. The summed E-state index contributed by atoms with van der Waals surface area (Å²) < 4.78 is 23.4. The number of hydrogen-bond acceptors (Lipinski definition) is 11. The van der Waals surface area contributed by atoms with Crippen molar-refractivity contribution < 1.29 is 38.1 Å². The number of ether oxygens (including phenoxy) is 4. The molecule has 0 N–H and O–H groups in total. The van der Waals surface area contributed by atoms with Gasteiger partial charge in [0.2, 0.25) is 5.78 Å². The quantitative estimate of drug-likeness (QED) is 0.267. The van der Waals surface area contributed by atoms with Gasteiger partial charge in [-0.2, -0.15) is 0 Å². The number of ketones is 1. The van der Waals surface area contributed by atoms with Gasteiger partial charge in [-0.3, -0.25) is 23.7 Å². The molecule has 3 heterocycles. The Bertz CT molecular complexity index is 1340. The molecule has 1 fully saturated rings. The Morgan fingerprint density at radius 2 is 1.64 bits per heavy atom. The second-order valence-corrected chi connectivity index (χ2v) is 8.21. The predicted molar refractivity (Wildman–Crippen MR) is 122 cm³/mol. The molecule has 4 rings (SSSR count). The van der Waals surface area contributed by atoms with Gasteiger partial charge in [0.25, 0.3) is 0 Å². The number of aryl methyl sites for hydroxylation is 1. The third kappa shape index (κ3) is 4.93. The van der Waals surface area contributed by atoms with Crippen molar-refractivity contribution in [2.75, 3.05) is 6.61 Å². The largest absolute Gasteiger partial charge is 0.463 e. The first kappa shape index (κ1) is 24.9. The summed E-state index contributed by atoms with van der Waals surface area (Å²) in [6, 6.07) is 7.10. The van der Waals surface area contributed by atoms with E-state index in [0.29, 0.717) is 5.56 Å². The van der Waals surface area contributed by atoms with Gasteiger partial charge in [0.15, 0.2) is 24.1 Å². The summed E-state index contributed by atoms with van der Waals surface area (Å²) in [6.45, 7) is 5.20. The molecule has 0 bridgehead atoms. The van der Waals surface area contributed by atoms with Gasteiger partial charge in [0, 0.05) is 26.3 Å². The summed E-state index contributed by atoms with van der Waals surface area (Å²) in [4.78, 5) is 61.1. The van der Waals surface area contributed by atoms with E-state index in [4.69, 9.17) is 18.9 Å². The molecule has 188 valence electrons. The number of aromatic nitrogens is 4. The van der Waals surface area contributed by atoms with Crippen molar-refractivity contribution >= 4 is 34.9 Å². The fraction of sp³-hybridized carbons (Fsp3) is 0.375. The molecule has 0 saturated carbocycles. The minimum Gasteiger partial charge on any atom is -0.463 e. The third-order valence-electron chi connectivity index (χ3n) is 5.58. The number of imidazole rings is 1. The summed E-state index contributed by atoms with van der Waals surface area (Å²) in [6.07, 6.45) is -1.60. The first-order valence-electron chi connectivity index (χ1n) is 11.1. The Labute approximate surface area is 205 Å². The maximum atomic E-state index is 13.2. The molecule has 4 atom stereocenters. The van der Waals surface area contributed by atoms with E-state index in [-0.39, 0.29) is 29.2 Å². The fourth-order valence-electron chi connectivity index (χ4n) is 4.08. The van der Waals surface area contributed by atoms with Crippen molar-refractivity contribution in [3.63, 3.8) is 0 Å². The molecule has 2 aromatic heterocycles. The van der Waals surface area contributed by atoms with Gasteiger partial charge in [-0.1, -0.05) is 24.3 Å². The molecular formula is C24H24N4O8. The average molecular weight is 496 g/mol. The molecule has 3 aromatic rings. The summed E-state index contributed by atoms with van der Waals surface area (Å²) in [5.41, 5.74) is 1.78. The van der Waals surface area contributed by atoms with Crippen LogP contribution in [0.15, 0.2) is 36.9 Å². The number of fused-ring (bicyclic) bond motifs is 1. The summed E-state index contributed by atoms with van der Waals surface area (Å²) in [7, 11) is 0. The van der Waals surface area contributed by atoms with Crippen LogP contribution in [-0.2, 0) is 33.3 Å². The van der Waals surface area contributed by atoms with Crippen LogP contribution in [0.1, 0.15) is 48.6 Å². The zero-order chi connectivity index (χ0) is 26.0. The first-order valence-corrected chi connectivity index (χ1v) is 11.1. The lowest BCUT2D eigenvalue weighted by molar-refractivity contribution is -0.166. The van der Waals surface area contributed by atoms with Crippen LogP contribution in [0.3, 0.4) is 0 Å². The molecule has 1 saturated heterocycles. The minimum absolute atomic E-state index is 0.0862. The van der Waals surface area contributed by atoms with Crippen molar-refractivity contribution in [3.8, 4) is 0 Å². The summed E-state index contributed by atoms with van der Waals surface area (Å²) >= 11 is 0. The third-order valence-corrected chi connectivity index (χ3v) is 5.58. The van der Waals surface area contributed by atoms with Crippen LogP contribution in [0.5, 0.6) is 0 Å². The van der Waals surface area contributed by atoms with E-state index in [1.54, 1.807) is 12.1 Å². The van der Waals surface area contributed by atoms with Crippen molar-refractivity contribution in [2.24, 2.45) is 0 Å². The van der Waals surface area contributed by atoms with E-state index in [0.717, 1.165) is 5.56 Å². The topological polar surface area (TPSA) is 149 Å². The SMILES string of the molecule is CC(=O)OC[C@H]1O[C@@H](n2cnc3c(C(=O)c4ccccc4C)ncnc32)[C@H](OC(C)=O)[C@@H]1OC(C)=O. The van der Waals surface area contributed by atoms with Crippen molar-refractivity contribution in [1.29, 1.82) is 0 Å². The molecule has 0 radical (unpaired) electrons. The molecule has 0 unspecified atom stereocenters. The lowest BCUT2D eigenvalue weighted by Crippen LogP contribution is -2.40. The lowest BCUT2D eigenvalue weighted by Gasteiger charge is -2.23. The highest BCUT2D eigenvalue weighted by Gasteiger charge is 2.51. The zero-order valence-electron chi connectivity index (χ0n) is 20.0. The van der Waals surface area contributed by atoms with Crippen molar-refractivity contribution in [3.05, 3.63) is 53.7 Å². The molecule has 36 heavy (non-hydrogen) atoms. The number of nitrogens with zero attached hydrogens (tertiary/aromatic N) is 4. The molecule has 0 amide bonds. The second kappa shape index (κ2) is 10.2. The van der Waals surface area contributed by atoms with E-state index < -0.39 is 42.4 Å². The molecule has 1 aromatic carbocycles. The monoisotopic (exact) mass is 496 g/mol. The molecule has 1 aliphatic rings.